The van der Waals surface area contributed by atoms with E-state index in [1.165, 1.54) is 12.3 Å². The van der Waals surface area contributed by atoms with Crippen molar-refractivity contribution in [1.29, 1.82) is 0 Å². The fourth-order valence-electron chi connectivity index (χ4n) is 2.46. The van der Waals surface area contributed by atoms with Crippen molar-refractivity contribution in [3.05, 3.63) is 59.8 Å². The lowest BCUT2D eigenvalue weighted by molar-refractivity contribution is -0.121. The Balaban J connectivity index is 1.70. The van der Waals surface area contributed by atoms with Gasteiger partial charge in [0.1, 0.15) is 5.82 Å². The lowest BCUT2D eigenvalue weighted by Crippen LogP contribution is -2.37. The average Bonchev–Trinajstić information content (AvgIpc) is 3.12. The molecular weight excluding hydrogens is 323 g/mol. The van der Waals surface area contributed by atoms with Gasteiger partial charge in [0.15, 0.2) is 5.76 Å². The second-order valence-corrected chi connectivity index (χ2v) is 6.48. The molecule has 5 nitrogen and oxygen atoms in total. The molecule has 0 aliphatic rings. The molecule has 2 aromatic rings. The zero-order valence-electron chi connectivity index (χ0n) is 14.5. The van der Waals surface area contributed by atoms with Gasteiger partial charge in [0, 0.05) is 24.9 Å². The minimum Gasteiger partial charge on any atom is -0.459 e. The molecule has 6 heteroatoms. The second-order valence-electron chi connectivity index (χ2n) is 6.48. The highest BCUT2D eigenvalue weighted by atomic mass is 19.1. The summed E-state index contributed by atoms with van der Waals surface area (Å²) in [6.07, 6.45) is 2.23. The van der Waals surface area contributed by atoms with Crippen LogP contribution in [0.15, 0.2) is 47.1 Å². The third-order valence-electron chi connectivity index (χ3n) is 3.94. The van der Waals surface area contributed by atoms with E-state index in [0.717, 1.165) is 0 Å². The molecule has 0 spiro atoms. The number of hydrogen-bond acceptors (Lipinski definition) is 3. The summed E-state index contributed by atoms with van der Waals surface area (Å²) >= 11 is 0. The molecule has 0 radical (unpaired) electrons. The number of benzene rings is 1. The highest BCUT2D eigenvalue weighted by Gasteiger charge is 2.24. The van der Waals surface area contributed by atoms with Crippen molar-refractivity contribution in [1.82, 2.24) is 10.6 Å². The van der Waals surface area contributed by atoms with E-state index in [1.807, 2.05) is 13.8 Å². The van der Waals surface area contributed by atoms with Crippen LogP contribution in [-0.2, 0) is 10.2 Å². The first-order valence-corrected chi connectivity index (χ1v) is 8.23. The summed E-state index contributed by atoms with van der Waals surface area (Å²) < 4.78 is 18.9. The van der Waals surface area contributed by atoms with Crippen molar-refractivity contribution in [2.24, 2.45) is 0 Å². The predicted molar refractivity (Wildman–Crippen MR) is 92.7 cm³/mol. The molecular formula is C19H23FN2O3. The molecule has 2 rings (SSSR count). The van der Waals surface area contributed by atoms with Crippen LogP contribution in [0, 0.1) is 5.82 Å². The van der Waals surface area contributed by atoms with Crippen molar-refractivity contribution in [3.63, 3.8) is 0 Å². The number of carbonyl (C=O) groups excluding carboxylic acids is 2. The van der Waals surface area contributed by atoms with Crippen LogP contribution >= 0.6 is 0 Å². The van der Waals surface area contributed by atoms with E-state index in [1.54, 1.807) is 30.3 Å². The van der Waals surface area contributed by atoms with Gasteiger partial charge in [-0.05, 0) is 30.2 Å². The summed E-state index contributed by atoms with van der Waals surface area (Å²) in [6.45, 7) is 4.49. The quantitative estimate of drug-likeness (QED) is 0.722. The molecule has 2 N–H and O–H groups in total. The van der Waals surface area contributed by atoms with Gasteiger partial charge in [-0.15, -0.1) is 0 Å². The SMILES string of the molecule is CC(C)(CNC(=O)CCCNC(=O)c1ccco1)c1ccccc1F. The van der Waals surface area contributed by atoms with E-state index in [0.29, 0.717) is 25.1 Å². The monoisotopic (exact) mass is 346 g/mol. The number of halogens is 1. The van der Waals surface area contributed by atoms with Crippen molar-refractivity contribution in [2.75, 3.05) is 13.1 Å². The van der Waals surface area contributed by atoms with Gasteiger partial charge in [-0.1, -0.05) is 32.0 Å². The Labute approximate surface area is 146 Å². The minimum absolute atomic E-state index is 0.128. The first-order chi connectivity index (χ1) is 11.9. The lowest BCUT2D eigenvalue weighted by atomic mass is 9.84. The third-order valence-corrected chi connectivity index (χ3v) is 3.94. The van der Waals surface area contributed by atoms with Gasteiger partial charge in [-0.2, -0.15) is 0 Å². The molecule has 1 aromatic carbocycles. The zero-order valence-corrected chi connectivity index (χ0v) is 14.5. The van der Waals surface area contributed by atoms with Gasteiger partial charge in [0.2, 0.25) is 5.91 Å². The van der Waals surface area contributed by atoms with Gasteiger partial charge in [-0.25, -0.2) is 4.39 Å². The molecule has 2 amide bonds. The van der Waals surface area contributed by atoms with E-state index in [2.05, 4.69) is 10.6 Å². The lowest BCUT2D eigenvalue weighted by Gasteiger charge is -2.26. The fourth-order valence-corrected chi connectivity index (χ4v) is 2.46. The van der Waals surface area contributed by atoms with Crippen LogP contribution in [-0.4, -0.2) is 24.9 Å². The molecule has 0 fully saturated rings. The summed E-state index contributed by atoms with van der Waals surface area (Å²) in [5.41, 5.74) is 0.0649. The standard InChI is InChI=1S/C19H23FN2O3/c1-19(2,14-7-3-4-8-15(14)20)13-22-17(23)10-5-11-21-18(24)16-9-6-12-25-16/h3-4,6-9,12H,5,10-11,13H2,1-2H3,(H,21,24)(H,22,23). The number of furan rings is 1. The van der Waals surface area contributed by atoms with Gasteiger partial charge in [0.05, 0.1) is 6.26 Å². The summed E-state index contributed by atoms with van der Waals surface area (Å²) in [5, 5.41) is 5.51. The third kappa shape index (κ3) is 5.45. The molecule has 0 aliphatic heterocycles. The molecule has 0 unspecified atom stereocenters. The van der Waals surface area contributed by atoms with Crippen molar-refractivity contribution >= 4 is 11.8 Å². The molecule has 1 aromatic heterocycles. The summed E-state index contributed by atoms with van der Waals surface area (Å²) in [7, 11) is 0. The Morgan fingerprint density at radius 2 is 1.88 bits per heavy atom. The first kappa shape index (κ1) is 18.7. The highest BCUT2D eigenvalue weighted by Crippen LogP contribution is 2.24. The second kappa shape index (κ2) is 8.46. The van der Waals surface area contributed by atoms with Crippen LogP contribution in [0.3, 0.4) is 0 Å². The number of hydrogen-bond donors (Lipinski definition) is 2. The Bertz CT molecular complexity index is 711. The maximum absolute atomic E-state index is 13.9. The van der Waals surface area contributed by atoms with Crippen LogP contribution in [0.25, 0.3) is 0 Å². The molecule has 0 atom stereocenters. The topological polar surface area (TPSA) is 71.3 Å². The Kier molecular flexibility index (Phi) is 6.33. The molecule has 134 valence electrons. The van der Waals surface area contributed by atoms with Crippen LogP contribution in [0.1, 0.15) is 42.8 Å². The van der Waals surface area contributed by atoms with Crippen molar-refractivity contribution in [2.45, 2.75) is 32.1 Å². The Morgan fingerprint density at radius 1 is 1.12 bits per heavy atom. The Morgan fingerprint density at radius 3 is 2.56 bits per heavy atom. The van der Waals surface area contributed by atoms with E-state index >= 15 is 0 Å². The average molecular weight is 346 g/mol. The smallest absolute Gasteiger partial charge is 0.286 e. The molecule has 1 heterocycles. The number of nitrogens with one attached hydrogen (secondary N) is 2. The molecule has 0 aliphatic carbocycles. The fraction of sp³-hybridized carbons (Fsp3) is 0.368. The molecule has 0 bridgehead atoms. The van der Waals surface area contributed by atoms with E-state index < -0.39 is 5.41 Å². The van der Waals surface area contributed by atoms with Crippen LogP contribution in [0.5, 0.6) is 0 Å². The molecule has 0 saturated heterocycles. The minimum atomic E-state index is -0.505. The van der Waals surface area contributed by atoms with Crippen LogP contribution in [0.2, 0.25) is 0 Å². The van der Waals surface area contributed by atoms with E-state index in [-0.39, 0.29) is 29.8 Å². The summed E-state index contributed by atoms with van der Waals surface area (Å²) in [5.74, 6) is -0.457. The van der Waals surface area contributed by atoms with Crippen molar-refractivity contribution < 1.29 is 18.4 Å². The summed E-state index contributed by atoms with van der Waals surface area (Å²) in [6, 6.07) is 9.78. The van der Waals surface area contributed by atoms with Crippen molar-refractivity contribution in [3.8, 4) is 0 Å². The normalized spacial score (nSPS) is 11.2. The molecule has 0 saturated carbocycles. The van der Waals surface area contributed by atoms with Crippen LogP contribution < -0.4 is 10.6 Å². The zero-order chi connectivity index (χ0) is 18.3. The van der Waals surface area contributed by atoms with Crippen LogP contribution in [0.4, 0.5) is 4.39 Å². The van der Waals surface area contributed by atoms with E-state index in [4.69, 9.17) is 4.42 Å². The predicted octanol–water partition coefficient (Wildman–Crippen LogP) is 3.02. The summed E-state index contributed by atoms with van der Waals surface area (Å²) in [4.78, 5) is 23.6. The number of amides is 2. The van der Waals surface area contributed by atoms with Gasteiger partial charge in [0.25, 0.3) is 5.91 Å². The maximum atomic E-state index is 13.9. The maximum Gasteiger partial charge on any atom is 0.286 e. The Hall–Kier alpha value is -2.63. The van der Waals surface area contributed by atoms with Gasteiger partial charge >= 0.3 is 0 Å². The largest absolute Gasteiger partial charge is 0.459 e. The highest BCUT2D eigenvalue weighted by molar-refractivity contribution is 5.91. The number of carbonyl (C=O) groups is 2. The molecule has 25 heavy (non-hydrogen) atoms. The number of rotatable bonds is 8. The first-order valence-electron chi connectivity index (χ1n) is 8.23. The van der Waals surface area contributed by atoms with E-state index in [9.17, 15) is 14.0 Å². The van der Waals surface area contributed by atoms with Gasteiger partial charge < -0.3 is 15.1 Å². The van der Waals surface area contributed by atoms with Gasteiger partial charge in [-0.3, -0.25) is 9.59 Å².